The van der Waals surface area contributed by atoms with Crippen molar-refractivity contribution in [3.05, 3.63) is 116 Å². The molecule has 4 aromatic rings. The maximum atomic E-state index is 11.1. The van der Waals surface area contributed by atoms with Gasteiger partial charge in [0, 0.05) is 34.1 Å². The summed E-state index contributed by atoms with van der Waals surface area (Å²) in [6, 6.07) is 25.8. The fourth-order valence-corrected chi connectivity index (χ4v) is 6.05. The van der Waals surface area contributed by atoms with Crippen LogP contribution in [0.1, 0.15) is 50.7 Å². The molecule has 188 valence electrons. The van der Waals surface area contributed by atoms with Gasteiger partial charge in [0.15, 0.2) is 0 Å². The van der Waals surface area contributed by atoms with E-state index in [1.165, 1.54) is 11.1 Å². The summed E-state index contributed by atoms with van der Waals surface area (Å²) in [4.78, 5) is 23.7. The molecule has 0 saturated carbocycles. The van der Waals surface area contributed by atoms with Crippen LogP contribution < -0.4 is 0 Å². The van der Waals surface area contributed by atoms with E-state index in [-0.39, 0.29) is 33.1 Å². The summed E-state index contributed by atoms with van der Waals surface area (Å²) in [6.07, 6.45) is 0. The molecule has 0 N–H and O–H groups in total. The van der Waals surface area contributed by atoms with Crippen LogP contribution in [-0.2, 0) is 0 Å². The molecule has 0 radical (unpaired) electrons. The molecule has 0 aromatic heterocycles. The first-order valence-electron chi connectivity index (χ1n) is 12.1. The van der Waals surface area contributed by atoms with Crippen LogP contribution in [0.5, 0.6) is 0 Å². The summed E-state index contributed by atoms with van der Waals surface area (Å²) >= 11 is 1.71. The average molecular weight is 513 g/mol. The van der Waals surface area contributed by atoms with Crippen LogP contribution in [0.15, 0.2) is 94.7 Å². The van der Waals surface area contributed by atoms with Crippen molar-refractivity contribution in [1.29, 1.82) is 0 Å². The van der Waals surface area contributed by atoms with E-state index < -0.39 is 0 Å². The predicted octanol–water partition coefficient (Wildman–Crippen LogP) is 9.23. The fraction of sp³-hybridized carbons (Fsp3) is 0.200. The molecule has 0 aliphatic carbocycles. The Bertz CT molecular complexity index is 1330. The van der Waals surface area contributed by atoms with E-state index in [4.69, 9.17) is 0 Å². The van der Waals surface area contributed by atoms with E-state index in [0.717, 1.165) is 32.0 Å². The SMILES string of the molecule is CC(C)c1c(Sc2cccc(-c3ccc([N+](=O)[O-])cc3)c2C(C)C)cccc1-c1ccc([N+](=O)[O-])cc1. The van der Waals surface area contributed by atoms with E-state index in [2.05, 4.69) is 52.0 Å². The molecule has 6 nitrogen and oxygen atoms in total. The minimum atomic E-state index is -0.384. The molecule has 0 saturated heterocycles. The zero-order valence-electron chi connectivity index (χ0n) is 21.2. The minimum absolute atomic E-state index is 0.0741. The predicted molar refractivity (Wildman–Crippen MR) is 149 cm³/mol. The van der Waals surface area contributed by atoms with Crippen molar-refractivity contribution in [2.45, 2.75) is 49.3 Å². The molecule has 0 aliphatic rings. The van der Waals surface area contributed by atoms with Crippen LogP contribution in [0.3, 0.4) is 0 Å². The highest BCUT2D eigenvalue weighted by atomic mass is 32.2. The van der Waals surface area contributed by atoms with Gasteiger partial charge < -0.3 is 0 Å². The third-order valence-electron chi connectivity index (χ3n) is 6.29. The Morgan fingerprint density at radius 2 is 0.919 bits per heavy atom. The number of nitro groups is 2. The highest BCUT2D eigenvalue weighted by Crippen LogP contribution is 2.44. The van der Waals surface area contributed by atoms with Gasteiger partial charge in [0.1, 0.15) is 0 Å². The maximum absolute atomic E-state index is 11.1. The summed E-state index contributed by atoms with van der Waals surface area (Å²) in [6.45, 7) is 8.63. The molecule has 0 unspecified atom stereocenters. The third-order valence-corrected chi connectivity index (χ3v) is 7.44. The number of nitro benzene ring substituents is 2. The zero-order valence-corrected chi connectivity index (χ0v) is 22.0. The van der Waals surface area contributed by atoms with E-state index in [1.54, 1.807) is 36.0 Å². The molecule has 0 heterocycles. The number of benzene rings is 4. The van der Waals surface area contributed by atoms with Gasteiger partial charge in [-0.3, -0.25) is 20.2 Å². The smallest absolute Gasteiger partial charge is 0.258 e. The van der Waals surface area contributed by atoms with Gasteiger partial charge in [0.25, 0.3) is 11.4 Å². The largest absolute Gasteiger partial charge is 0.269 e. The first kappa shape index (κ1) is 26.1. The zero-order chi connectivity index (χ0) is 26.7. The lowest BCUT2D eigenvalue weighted by Gasteiger charge is -2.21. The van der Waals surface area contributed by atoms with Gasteiger partial charge in [-0.25, -0.2) is 0 Å². The van der Waals surface area contributed by atoms with Crippen molar-refractivity contribution < 1.29 is 9.85 Å². The first-order valence-corrected chi connectivity index (χ1v) is 12.9. The van der Waals surface area contributed by atoms with Gasteiger partial charge in [0.2, 0.25) is 0 Å². The molecule has 0 atom stereocenters. The normalized spacial score (nSPS) is 11.2. The van der Waals surface area contributed by atoms with Gasteiger partial charge in [-0.05, 0) is 81.6 Å². The number of hydrogen-bond acceptors (Lipinski definition) is 5. The summed E-state index contributed by atoms with van der Waals surface area (Å²) in [5, 5.41) is 22.2. The molecular weight excluding hydrogens is 484 g/mol. The van der Waals surface area contributed by atoms with Crippen molar-refractivity contribution in [2.75, 3.05) is 0 Å². The molecule has 0 aliphatic heterocycles. The molecular formula is C30H28N2O4S. The van der Waals surface area contributed by atoms with Gasteiger partial charge >= 0.3 is 0 Å². The Balaban J connectivity index is 1.79. The fourth-order valence-electron chi connectivity index (χ4n) is 4.60. The summed E-state index contributed by atoms with van der Waals surface area (Å²) in [5.41, 5.74) is 6.55. The molecule has 4 rings (SSSR count). The minimum Gasteiger partial charge on any atom is -0.258 e. The Labute approximate surface area is 220 Å². The topological polar surface area (TPSA) is 86.3 Å². The number of non-ortho nitro benzene ring substituents is 2. The van der Waals surface area contributed by atoms with Crippen molar-refractivity contribution in [1.82, 2.24) is 0 Å². The van der Waals surface area contributed by atoms with E-state index in [9.17, 15) is 20.2 Å². The van der Waals surface area contributed by atoms with Crippen LogP contribution in [0.2, 0.25) is 0 Å². The molecule has 0 fully saturated rings. The van der Waals surface area contributed by atoms with Crippen LogP contribution in [0.4, 0.5) is 11.4 Å². The lowest BCUT2D eigenvalue weighted by atomic mass is 9.92. The number of rotatable bonds is 8. The van der Waals surface area contributed by atoms with Gasteiger partial charge in [-0.1, -0.05) is 63.7 Å². The molecule has 37 heavy (non-hydrogen) atoms. The number of nitrogens with zero attached hydrogens (tertiary/aromatic N) is 2. The van der Waals surface area contributed by atoms with Gasteiger partial charge in [-0.2, -0.15) is 0 Å². The monoisotopic (exact) mass is 512 g/mol. The third kappa shape index (κ3) is 5.57. The van der Waals surface area contributed by atoms with Crippen molar-refractivity contribution >= 4 is 23.1 Å². The average Bonchev–Trinajstić information content (AvgIpc) is 2.88. The van der Waals surface area contributed by atoms with Gasteiger partial charge in [0.05, 0.1) is 9.85 Å². The van der Waals surface area contributed by atoms with Crippen LogP contribution >= 0.6 is 11.8 Å². The molecule has 4 aromatic carbocycles. The molecule has 7 heteroatoms. The van der Waals surface area contributed by atoms with Gasteiger partial charge in [-0.15, -0.1) is 0 Å². The first-order chi connectivity index (χ1) is 17.7. The highest BCUT2D eigenvalue weighted by Gasteiger charge is 2.19. The van der Waals surface area contributed by atoms with Crippen LogP contribution in [0, 0.1) is 20.2 Å². The van der Waals surface area contributed by atoms with Crippen molar-refractivity contribution in [2.24, 2.45) is 0 Å². The maximum Gasteiger partial charge on any atom is 0.269 e. The molecule has 0 bridgehead atoms. The molecule has 0 spiro atoms. The van der Waals surface area contributed by atoms with E-state index in [1.807, 2.05) is 36.4 Å². The summed E-state index contributed by atoms with van der Waals surface area (Å²) in [7, 11) is 0. The molecule has 0 amide bonds. The van der Waals surface area contributed by atoms with Crippen LogP contribution in [0.25, 0.3) is 22.3 Å². The Kier molecular flexibility index (Phi) is 7.74. The second kappa shape index (κ2) is 11.0. The second-order valence-corrected chi connectivity index (χ2v) is 10.5. The summed E-state index contributed by atoms with van der Waals surface area (Å²) < 4.78 is 0. The van der Waals surface area contributed by atoms with E-state index >= 15 is 0 Å². The standard InChI is InChI=1S/C30H28N2O4S/c1-19(2)29-25(21-11-15-23(16-12-21)31(33)34)7-5-9-27(29)37-28-10-6-8-26(30(28)20(3)4)22-13-17-24(18-14-22)32(35)36/h5-20H,1-4H3. The Morgan fingerprint density at radius 3 is 1.22 bits per heavy atom. The van der Waals surface area contributed by atoms with Crippen molar-refractivity contribution in [3.8, 4) is 22.3 Å². The Hall–Kier alpha value is -3.97. The Morgan fingerprint density at radius 1 is 0.568 bits per heavy atom. The number of hydrogen-bond donors (Lipinski definition) is 0. The van der Waals surface area contributed by atoms with E-state index in [0.29, 0.717) is 0 Å². The van der Waals surface area contributed by atoms with Crippen LogP contribution in [-0.4, -0.2) is 9.85 Å². The highest BCUT2D eigenvalue weighted by molar-refractivity contribution is 7.99. The lowest BCUT2D eigenvalue weighted by Crippen LogP contribution is -1.99. The summed E-state index contributed by atoms with van der Waals surface area (Å²) in [5.74, 6) is 0.462. The van der Waals surface area contributed by atoms with Crippen molar-refractivity contribution in [3.63, 3.8) is 0 Å². The lowest BCUT2D eigenvalue weighted by molar-refractivity contribution is -0.385. The second-order valence-electron chi connectivity index (χ2n) is 9.45. The quantitative estimate of drug-likeness (QED) is 0.173.